The van der Waals surface area contributed by atoms with Gasteiger partial charge in [-0.2, -0.15) is 10.1 Å². The number of nitrogens with one attached hydrogen (secondary N) is 2. The second-order valence-electron chi connectivity index (χ2n) is 8.83. The van der Waals surface area contributed by atoms with Crippen molar-refractivity contribution in [2.45, 2.75) is 13.8 Å². The molecule has 2 aromatic heterocycles. The average Bonchev–Trinajstić information content (AvgIpc) is 3.18. The molecule has 186 valence electrons. The lowest BCUT2D eigenvalue weighted by Crippen LogP contribution is -2.38. The Balaban J connectivity index is 1.29. The van der Waals surface area contributed by atoms with Crippen LogP contribution in [0.25, 0.3) is 10.9 Å². The van der Waals surface area contributed by atoms with Gasteiger partial charge < -0.3 is 24.1 Å². The van der Waals surface area contributed by atoms with E-state index in [0.717, 1.165) is 63.0 Å². The molecule has 10 heteroatoms. The van der Waals surface area contributed by atoms with Crippen LogP contribution in [0.1, 0.15) is 17.1 Å². The van der Waals surface area contributed by atoms with Gasteiger partial charge in [0.15, 0.2) is 5.82 Å². The predicted octanol–water partition coefficient (Wildman–Crippen LogP) is 2.57. The minimum atomic E-state index is 0.498. The third-order valence-electron chi connectivity index (χ3n) is 6.48. The van der Waals surface area contributed by atoms with Crippen LogP contribution in [0.5, 0.6) is 5.88 Å². The number of ether oxygens (including phenoxy) is 3. The standard InChI is InChI=1S/C25H33N7O3/c1-18-19(2)27-22-4-3-20(15-21(18)22)30-26-17-23-28-24(32-8-12-34-13-9-32)16-25(29-23)35-14-7-31-5-10-33-11-6-31/h3-4,15-17,27,30H,5-14H2,1-2H3. The van der Waals surface area contributed by atoms with Crippen molar-refractivity contribution in [2.75, 3.05) is 76.1 Å². The molecule has 0 spiro atoms. The molecule has 2 saturated heterocycles. The average molecular weight is 480 g/mol. The fourth-order valence-electron chi connectivity index (χ4n) is 4.32. The third-order valence-corrected chi connectivity index (χ3v) is 6.48. The molecule has 0 saturated carbocycles. The van der Waals surface area contributed by atoms with Gasteiger partial charge in [0.25, 0.3) is 0 Å². The van der Waals surface area contributed by atoms with Crippen LogP contribution in [0.3, 0.4) is 0 Å². The minimum absolute atomic E-state index is 0.498. The summed E-state index contributed by atoms with van der Waals surface area (Å²) in [7, 11) is 0. The minimum Gasteiger partial charge on any atom is -0.476 e. The molecular formula is C25H33N7O3. The number of aryl methyl sites for hydroxylation is 2. The molecule has 2 fully saturated rings. The molecule has 10 nitrogen and oxygen atoms in total. The maximum absolute atomic E-state index is 6.03. The van der Waals surface area contributed by atoms with Crippen LogP contribution in [0.2, 0.25) is 0 Å². The molecule has 35 heavy (non-hydrogen) atoms. The van der Waals surface area contributed by atoms with Crippen molar-refractivity contribution < 1.29 is 14.2 Å². The monoisotopic (exact) mass is 479 g/mol. The Hall–Kier alpha value is -3.21. The third kappa shape index (κ3) is 5.90. The number of hydrogen-bond acceptors (Lipinski definition) is 9. The number of aromatic amines is 1. The molecule has 0 bridgehead atoms. The van der Waals surface area contributed by atoms with Crippen molar-refractivity contribution in [3.8, 4) is 5.88 Å². The number of hydrazone groups is 1. The summed E-state index contributed by atoms with van der Waals surface area (Å²) < 4.78 is 16.9. The molecule has 1 aromatic carbocycles. The summed E-state index contributed by atoms with van der Waals surface area (Å²) in [5.41, 5.74) is 7.55. The van der Waals surface area contributed by atoms with Crippen molar-refractivity contribution in [1.29, 1.82) is 0 Å². The highest BCUT2D eigenvalue weighted by Crippen LogP contribution is 2.24. The lowest BCUT2D eigenvalue weighted by atomic mass is 10.1. The second-order valence-corrected chi connectivity index (χ2v) is 8.83. The normalized spacial score (nSPS) is 17.4. The van der Waals surface area contributed by atoms with Crippen LogP contribution >= 0.6 is 0 Å². The van der Waals surface area contributed by atoms with Crippen molar-refractivity contribution in [1.82, 2.24) is 19.9 Å². The van der Waals surface area contributed by atoms with E-state index >= 15 is 0 Å². The molecule has 0 amide bonds. The largest absolute Gasteiger partial charge is 0.476 e. The molecule has 5 rings (SSSR count). The first-order chi connectivity index (χ1) is 17.2. The Labute approximate surface area is 205 Å². The highest BCUT2D eigenvalue weighted by Gasteiger charge is 2.16. The van der Waals surface area contributed by atoms with Gasteiger partial charge in [0, 0.05) is 55.4 Å². The van der Waals surface area contributed by atoms with Crippen molar-refractivity contribution in [2.24, 2.45) is 5.10 Å². The van der Waals surface area contributed by atoms with Crippen molar-refractivity contribution >= 4 is 28.6 Å². The number of rotatable bonds is 8. The number of nitrogens with zero attached hydrogens (tertiary/aromatic N) is 5. The van der Waals surface area contributed by atoms with Gasteiger partial charge in [-0.1, -0.05) is 0 Å². The molecule has 4 heterocycles. The summed E-state index contributed by atoms with van der Waals surface area (Å²) in [4.78, 5) is 17.2. The topological polar surface area (TPSA) is 100 Å². The van der Waals surface area contributed by atoms with Crippen molar-refractivity contribution in [3.63, 3.8) is 0 Å². The summed E-state index contributed by atoms with van der Waals surface area (Å²) in [5, 5.41) is 5.59. The van der Waals surface area contributed by atoms with E-state index in [1.165, 1.54) is 16.6 Å². The molecule has 2 N–H and O–H groups in total. The molecule has 2 aliphatic heterocycles. The first kappa shape index (κ1) is 23.5. The first-order valence-electron chi connectivity index (χ1n) is 12.2. The first-order valence-corrected chi connectivity index (χ1v) is 12.2. The van der Waals surface area contributed by atoms with E-state index < -0.39 is 0 Å². The molecule has 3 aromatic rings. The summed E-state index contributed by atoms with van der Waals surface area (Å²) in [6, 6.07) is 8.06. The van der Waals surface area contributed by atoms with Gasteiger partial charge in [-0.05, 0) is 37.6 Å². The van der Waals surface area contributed by atoms with Crippen molar-refractivity contribution in [3.05, 3.63) is 41.3 Å². The van der Waals surface area contributed by atoms with Crippen LogP contribution in [0, 0.1) is 13.8 Å². The van der Waals surface area contributed by atoms with Gasteiger partial charge in [0.1, 0.15) is 12.4 Å². The number of fused-ring (bicyclic) bond motifs is 1. The van der Waals surface area contributed by atoms with E-state index in [9.17, 15) is 0 Å². The molecule has 0 radical (unpaired) electrons. The number of benzene rings is 1. The zero-order chi connectivity index (χ0) is 24.0. The molecular weight excluding hydrogens is 446 g/mol. The molecule has 0 unspecified atom stereocenters. The van der Waals surface area contributed by atoms with Crippen LogP contribution in [-0.4, -0.2) is 91.8 Å². The van der Waals surface area contributed by atoms with Crippen LogP contribution in [0.4, 0.5) is 11.5 Å². The quantitative estimate of drug-likeness (QED) is 0.376. The van der Waals surface area contributed by atoms with Gasteiger partial charge in [-0.25, -0.2) is 4.98 Å². The predicted molar refractivity (Wildman–Crippen MR) is 137 cm³/mol. The molecule has 0 atom stereocenters. The molecule has 2 aliphatic rings. The van der Waals surface area contributed by atoms with Gasteiger partial charge in [-0.15, -0.1) is 0 Å². The van der Waals surface area contributed by atoms with E-state index in [0.29, 0.717) is 31.5 Å². The highest BCUT2D eigenvalue weighted by atomic mass is 16.5. The highest BCUT2D eigenvalue weighted by molar-refractivity contribution is 5.87. The van der Waals surface area contributed by atoms with E-state index in [4.69, 9.17) is 19.2 Å². The fourth-order valence-corrected chi connectivity index (χ4v) is 4.32. The summed E-state index contributed by atoms with van der Waals surface area (Å²) in [6.45, 7) is 12.0. The fraction of sp³-hybridized carbons (Fsp3) is 0.480. The van der Waals surface area contributed by atoms with E-state index in [-0.39, 0.29) is 0 Å². The summed E-state index contributed by atoms with van der Waals surface area (Å²) >= 11 is 0. The smallest absolute Gasteiger partial charge is 0.219 e. The Morgan fingerprint density at radius 3 is 2.63 bits per heavy atom. The Bertz CT molecular complexity index is 1170. The van der Waals surface area contributed by atoms with Crippen LogP contribution in [0.15, 0.2) is 29.4 Å². The number of hydrogen-bond donors (Lipinski definition) is 2. The Morgan fingerprint density at radius 1 is 1.06 bits per heavy atom. The maximum Gasteiger partial charge on any atom is 0.219 e. The van der Waals surface area contributed by atoms with Crippen LogP contribution in [-0.2, 0) is 9.47 Å². The summed E-state index contributed by atoms with van der Waals surface area (Å²) in [5.74, 6) is 1.87. The number of anilines is 2. The Kier molecular flexibility index (Phi) is 7.41. The Morgan fingerprint density at radius 2 is 1.83 bits per heavy atom. The number of aromatic nitrogens is 3. The van der Waals surface area contributed by atoms with Crippen LogP contribution < -0.4 is 15.1 Å². The second kappa shape index (κ2) is 11.0. The zero-order valence-electron chi connectivity index (χ0n) is 20.4. The number of morpholine rings is 2. The van der Waals surface area contributed by atoms with Gasteiger partial charge >= 0.3 is 0 Å². The van der Waals surface area contributed by atoms with E-state index in [1.807, 2.05) is 12.1 Å². The zero-order valence-corrected chi connectivity index (χ0v) is 20.4. The van der Waals surface area contributed by atoms with E-state index in [2.05, 4.69) is 56.3 Å². The van der Waals surface area contributed by atoms with Gasteiger partial charge in [-0.3, -0.25) is 10.3 Å². The van der Waals surface area contributed by atoms with E-state index in [1.54, 1.807) is 6.21 Å². The van der Waals surface area contributed by atoms with Gasteiger partial charge in [0.2, 0.25) is 5.88 Å². The number of H-pyrrole nitrogens is 1. The van der Waals surface area contributed by atoms with Gasteiger partial charge in [0.05, 0.1) is 38.3 Å². The maximum atomic E-state index is 6.03. The molecule has 0 aliphatic carbocycles. The lowest BCUT2D eigenvalue weighted by Gasteiger charge is -2.28. The lowest BCUT2D eigenvalue weighted by molar-refractivity contribution is 0.0320. The SMILES string of the molecule is Cc1[nH]c2ccc(NN=Cc3nc(OCCN4CCOCC4)cc(N4CCOCC4)n3)cc2c1C. The summed E-state index contributed by atoms with van der Waals surface area (Å²) in [6.07, 6.45) is 1.64.